The van der Waals surface area contributed by atoms with Crippen LogP contribution in [0.5, 0.6) is 0 Å². The average Bonchev–Trinajstić information content (AvgIpc) is 2.89. The molecule has 12 nitrogen and oxygen atoms in total. The lowest BCUT2D eigenvalue weighted by atomic mass is 10.2. The molecular weight excluding hydrogens is 548 g/mol. The molecule has 0 saturated heterocycles. The van der Waals surface area contributed by atoms with Crippen LogP contribution in [0.1, 0.15) is 55.4 Å². The van der Waals surface area contributed by atoms with Gasteiger partial charge in [-0.2, -0.15) is 0 Å². The molecule has 0 aromatic rings. The van der Waals surface area contributed by atoms with Gasteiger partial charge in [-0.1, -0.05) is 55.4 Å². The topological polar surface area (TPSA) is 130 Å². The van der Waals surface area contributed by atoms with E-state index in [1.165, 1.54) is 0 Å². The maximum Gasteiger partial charge on any atom is 0.320 e. The van der Waals surface area contributed by atoms with Gasteiger partial charge >= 0.3 is 23.9 Å². The van der Waals surface area contributed by atoms with Crippen molar-refractivity contribution in [3.8, 4) is 0 Å². The summed E-state index contributed by atoms with van der Waals surface area (Å²) in [5, 5.41) is 0. The Balaban J connectivity index is 4.57. The quantitative estimate of drug-likeness (QED) is 0.0862. The van der Waals surface area contributed by atoms with Crippen LogP contribution in [-0.4, -0.2) is 126 Å². The first-order valence-electron chi connectivity index (χ1n) is 15.0. The molecule has 0 unspecified atom stereocenters. The molecule has 0 fully saturated rings. The Bertz CT molecular complexity index is 644. The summed E-state index contributed by atoms with van der Waals surface area (Å²) >= 11 is 0. The number of hydrogen-bond donors (Lipinski definition) is 0. The van der Waals surface area contributed by atoms with Crippen molar-refractivity contribution >= 4 is 23.9 Å². The Kier molecular flexibility index (Phi) is 22.9. The number of nitrogens with zero attached hydrogens (tertiary/aromatic N) is 2. The zero-order valence-corrected chi connectivity index (χ0v) is 27.2. The number of rotatable bonds is 25. The van der Waals surface area contributed by atoms with Crippen molar-refractivity contribution in [2.75, 3.05) is 92.1 Å². The molecule has 0 radical (unpaired) electrons. The largest absolute Gasteiger partial charge is 0.464 e. The van der Waals surface area contributed by atoms with Gasteiger partial charge in [0, 0.05) is 13.1 Å². The van der Waals surface area contributed by atoms with Gasteiger partial charge in [-0.05, 0) is 23.7 Å². The van der Waals surface area contributed by atoms with E-state index in [9.17, 15) is 19.2 Å². The normalized spacial score (nSPS) is 11.7. The number of esters is 4. The summed E-state index contributed by atoms with van der Waals surface area (Å²) in [6.07, 6.45) is 0. The van der Waals surface area contributed by atoms with Crippen molar-refractivity contribution in [3.63, 3.8) is 0 Å². The van der Waals surface area contributed by atoms with Gasteiger partial charge in [0.25, 0.3) is 0 Å². The zero-order chi connectivity index (χ0) is 31.9. The second-order valence-corrected chi connectivity index (χ2v) is 12.0. The lowest BCUT2D eigenvalue weighted by molar-refractivity contribution is -0.152. The van der Waals surface area contributed by atoms with Gasteiger partial charge in [-0.3, -0.25) is 29.0 Å². The molecule has 0 rings (SSSR count). The molecule has 42 heavy (non-hydrogen) atoms. The lowest BCUT2D eigenvalue weighted by Gasteiger charge is -2.21. The molecule has 0 aromatic heterocycles. The highest BCUT2D eigenvalue weighted by atomic mass is 16.6. The van der Waals surface area contributed by atoms with E-state index >= 15 is 0 Å². The van der Waals surface area contributed by atoms with E-state index < -0.39 is 23.9 Å². The molecule has 0 aromatic carbocycles. The minimum Gasteiger partial charge on any atom is -0.464 e. The van der Waals surface area contributed by atoms with Crippen molar-refractivity contribution in [1.29, 1.82) is 0 Å². The van der Waals surface area contributed by atoms with Crippen molar-refractivity contribution in [2.24, 2.45) is 23.7 Å². The molecule has 0 N–H and O–H groups in total. The molecule has 0 aliphatic rings. The molecule has 246 valence electrons. The molecule has 12 heteroatoms. The summed E-state index contributed by atoms with van der Waals surface area (Å²) in [5.74, 6) is -0.775. The van der Waals surface area contributed by atoms with E-state index in [2.05, 4.69) is 0 Å². The summed E-state index contributed by atoms with van der Waals surface area (Å²) in [5.41, 5.74) is 0. The van der Waals surface area contributed by atoms with Gasteiger partial charge in [-0.25, -0.2) is 0 Å². The first kappa shape index (κ1) is 39.7. The maximum absolute atomic E-state index is 12.2. The van der Waals surface area contributed by atoms with E-state index in [-0.39, 0.29) is 76.3 Å². The lowest BCUT2D eigenvalue weighted by Crippen LogP contribution is -2.39. The zero-order valence-electron chi connectivity index (χ0n) is 27.2. The molecular formula is C30H56N2O10. The van der Waals surface area contributed by atoms with E-state index in [0.29, 0.717) is 39.5 Å². The third-order valence-electron chi connectivity index (χ3n) is 5.20. The van der Waals surface area contributed by atoms with Gasteiger partial charge < -0.3 is 28.4 Å². The molecule has 0 heterocycles. The third kappa shape index (κ3) is 25.4. The van der Waals surface area contributed by atoms with Crippen LogP contribution in [0.4, 0.5) is 0 Å². The standard InChI is InChI=1S/C30H56N2O10/c1-23(2)19-39-27(33)15-31(16-28(34)40-20-24(3)4)9-11-37-13-14-38-12-10-32(17-29(35)41-21-25(5)6)18-30(36)42-22-26(7)8/h23-26H,9-22H2,1-8H3. The van der Waals surface area contributed by atoms with Crippen molar-refractivity contribution in [3.05, 3.63) is 0 Å². The molecule has 0 amide bonds. The SMILES string of the molecule is CC(C)COC(=O)CN(CCOCCOCCN(CC(=O)OCC(C)C)CC(=O)OCC(C)C)CC(=O)OCC(C)C. The summed E-state index contributed by atoms with van der Waals surface area (Å²) in [6, 6.07) is 0. The van der Waals surface area contributed by atoms with Crippen LogP contribution in [0.2, 0.25) is 0 Å². The molecule has 0 spiro atoms. The average molecular weight is 605 g/mol. The van der Waals surface area contributed by atoms with Crippen molar-refractivity contribution < 1.29 is 47.6 Å². The fourth-order valence-electron chi connectivity index (χ4n) is 3.09. The fourth-order valence-corrected chi connectivity index (χ4v) is 3.09. The Morgan fingerprint density at radius 1 is 0.429 bits per heavy atom. The van der Waals surface area contributed by atoms with Crippen LogP contribution in [0.15, 0.2) is 0 Å². The predicted molar refractivity (Wildman–Crippen MR) is 158 cm³/mol. The molecule has 0 aliphatic carbocycles. The first-order chi connectivity index (χ1) is 19.8. The molecule has 0 atom stereocenters. The van der Waals surface area contributed by atoms with Crippen LogP contribution >= 0.6 is 0 Å². The van der Waals surface area contributed by atoms with Gasteiger partial charge in [0.1, 0.15) is 0 Å². The van der Waals surface area contributed by atoms with Crippen LogP contribution in [-0.2, 0) is 47.6 Å². The van der Waals surface area contributed by atoms with Crippen LogP contribution < -0.4 is 0 Å². The van der Waals surface area contributed by atoms with Gasteiger partial charge in [0.15, 0.2) is 0 Å². The highest BCUT2D eigenvalue weighted by Gasteiger charge is 2.19. The highest BCUT2D eigenvalue weighted by molar-refractivity contribution is 5.75. The van der Waals surface area contributed by atoms with E-state index in [1.54, 1.807) is 9.80 Å². The predicted octanol–water partition coefficient (Wildman–Crippen LogP) is 2.42. The van der Waals surface area contributed by atoms with Gasteiger partial charge in [-0.15, -0.1) is 0 Å². The Hall–Kier alpha value is -2.28. The van der Waals surface area contributed by atoms with E-state index in [1.807, 2.05) is 55.4 Å². The van der Waals surface area contributed by atoms with Crippen LogP contribution in [0, 0.1) is 23.7 Å². The van der Waals surface area contributed by atoms with Gasteiger partial charge in [0.2, 0.25) is 0 Å². The Labute approximate surface area is 252 Å². The molecule has 0 bridgehead atoms. The number of ether oxygens (including phenoxy) is 6. The number of carbonyl (C=O) groups excluding carboxylic acids is 4. The first-order valence-corrected chi connectivity index (χ1v) is 15.0. The van der Waals surface area contributed by atoms with Crippen molar-refractivity contribution in [2.45, 2.75) is 55.4 Å². The second kappa shape index (κ2) is 24.2. The maximum atomic E-state index is 12.2. The molecule has 0 saturated carbocycles. The monoisotopic (exact) mass is 604 g/mol. The number of hydrogen-bond acceptors (Lipinski definition) is 12. The van der Waals surface area contributed by atoms with E-state index in [0.717, 1.165) is 0 Å². The fraction of sp³-hybridized carbons (Fsp3) is 0.867. The molecule has 0 aliphatic heterocycles. The van der Waals surface area contributed by atoms with Crippen LogP contribution in [0.3, 0.4) is 0 Å². The smallest absolute Gasteiger partial charge is 0.320 e. The van der Waals surface area contributed by atoms with Crippen molar-refractivity contribution in [1.82, 2.24) is 9.80 Å². The summed E-state index contributed by atoms with van der Waals surface area (Å²) in [7, 11) is 0. The second-order valence-electron chi connectivity index (χ2n) is 12.0. The minimum absolute atomic E-state index is 0.0433. The highest BCUT2D eigenvalue weighted by Crippen LogP contribution is 2.01. The third-order valence-corrected chi connectivity index (χ3v) is 5.20. The summed E-state index contributed by atoms with van der Waals surface area (Å²) in [6.45, 7) is 18.5. The van der Waals surface area contributed by atoms with Crippen LogP contribution in [0.25, 0.3) is 0 Å². The Morgan fingerprint density at radius 2 is 0.667 bits per heavy atom. The van der Waals surface area contributed by atoms with E-state index in [4.69, 9.17) is 28.4 Å². The summed E-state index contributed by atoms with van der Waals surface area (Å²) < 4.78 is 32.3. The minimum atomic E-state index is -0.408. The summed E-state index contributed by atoms with van der Waals surface area (Å²) in [4.78, 5) is 52.1. The Morgan fingerprint density at radius 3 is 0.881 bits per heavy atom. The van der Waals surface area contributed by atoms with Gasteiger partial charge in [0.05, 0.1) is 79.0 Å². The number of carbonyl (C=O) groups is 4.